The lowest BCUT2D eigenvalue weighted by Gasteiger charge is -2.37. The molecule has 1 fully saturated rings. The zero-order chi connectivity index (χ0) is 16.1. The lowest BCUT2D eigenvalue weighted by atomic mass is 10.0. The summed E-state index contributed by atoms with van der Waals surface area (Å²) in [5.41, 5.74) is 0. The minimum absolute atomic E-state index is 0.0170. The Morgan fingerprint density at radius 3 is 2.59 bits per heavy atom. The third kappa shape index (κ3) is 3.87. The second kappa shape index (κ2) is 7.43. The third-order valence-corrected chi connectivity index (χ3v) is 3.99. The number of rotatable bonds is 5. The van der Waals surface area contributed by atoms with E-state index in [1.165, 1.54) is 7.11 Å². The standard InChI is InChI=1S/C16H23N3O3/c1-12(2)14(10-17)19-8-6-18(7-9-19)11-13-4-5-15(22-13)16(20)21-3/h4-5,12,14H,6-9,11H2,1-3H3. The normalized spacial score (nSPS) is 18.1. The van der Waals surface area contributed by atoms with Crippen LogP contribution < -0.4 is 0 Å². The molecule has 22 heavy (non-hydrogen) atoms. The molecule has 0 bridgehead atoms. The smallest absolute Gasteiger partial charge is 0.373 e. The number of ether oxygens (including phenoxy) is 1. The molecule has 6 nitrogen and oxygen atoms in total. The molecular weight excluding hydrogens is 282 g/mol. The third-order valence-electron chi connectivity index (χ3n) is 3.99. The Morgan fingerprint density at radius 1 is 1.36 bits per heavy atom. The maximum absolute atomic E-state index is 11.4. The van der Waals surface area contributed by atoms with Gasteiger partial charge < -0.3 is 9.15 Å². The zero-order valence-corrected chi connectivity index (χ0v) is 13.4. The largest absolute Gasteiger partial charge is 0.463 e. The van der Waals surface area contributed by atoms with E-state index in [1.807, 2.05) is 6.07 Å². The van der Waals surface area contributed by atoms with E-state index in [0.717, 1.165) is 31.9 Å². The average Bonchev–Trinajstić information content (AvgIpc) is 2.97. The van der Waals surface area contributed by atoms with Crippen LogP contribution in [0.1, 0.15) is 30.2 Å². The number of carbonyl (C=O) groups is 1. The Labute approximate surface area is 131 Å². The van der Waals surface area contributed by atoms with Crippen molar-refractivity contribution in [3.8, 4) is 6.07 Å². The van der Waals surface area contributed by atoms with Crippen LogP contribution in [0.2, 0.25) is 0 Å². The van der Waals surface area contributed by atoms with Crippen LogP contribution in [0.5, 0.6) is 0 Å². The summed E-state index contributed by atoms with van der Waals surface area (Å²) in [6, 6.07) is 5.83. The topological polar surface area (TPSA) is 69.7 Å². The highest BCUT2D eigenvalue weighted by Crippen LogP contribution is 2.16. The van der Waals surface area contributed by atoms with Gasteiger partial charge in [-0.05, 0) is 18.1 Å². The molecule has 0 aliphatic carbocycles. The maximum Gasteiger partial charge on any atom is 0.373 e. The summed E-state index contributed by atoms with van der Waals surface area (Å²) in [7, 11) is 1.34. The number of carbonyl (C=O) groups excluding carboxylic acids is 1. The van der Waals surface area contributed by atoms with Crippen LogP contribution in [0.25, 0.3) is 0 Å². The molecule has 2 rings (SSSR count). The van der Waals surface area contributed by atoms with Crippen molar-refractivity contribution >= 4 is 5.97 Å². The van der Waals surface area contributed by atoms with Crippen molar-refractivity contribution in [2.45, 2.75) is 26.4 Å². The molecule has 0 aromatic carbocycles. The zero-order valence-electron chi connectivity index (χ0n) is 13.4. The van der Waals surface area contributed by atoms with Crippen molar-refractivity contribution in [1.29, 1.82) is 5.26 Å². The molecule has 1 unspecified atom stereocenters. The lowest BCUT2D eigenvalue weighted by Crippen LogP contribution is -2.50. The van der Waals surface area contributed by atoms with Crippen LogP contribution in [0.15, 0.2) is 16.5 Å². The van der Waals surface area contributed by atoms with E-state index in [2.05, 4.69) is 34.5 Å². The van der Waals surface area contributed by atoms with Crippen molar-refractivity contribution in [3.05, 3.63) is 23.7 Å². The summed E-state index contributed by atoms with van der Waals surface area (Å²) in [4.78, 5) is 15.9. The molecule has 1 saturated heterocycles. The van der Waals surface area contributed by atoms with Crippen LogP contribution in [0.3, 0.4) is 0 Å². The first-order chi connectivity index (χ1) is 10.5. The predicted molar refractivity (Wildman–Crippen MR) is 81.1 cm³/mol. The molecule has 1 aromatic heterocycles. The molecule has 6 heteroatoms. The highest BCUT2D eigenvalue weighted by Gasteiger charge is 2.26. The van der Waals surface area contributed by atoms with Crippen molar-refractivity contribution in [2.24, 2.45) is 5.92 Å². The monoisotopic (exact) mass is 305 g/mol. The minimum Gasteiger partial charge on any atom is -0.463 e. The van der Waals surface area contributed by atoms with Gasteiger partial charge in [0.15, 0.2) is 0 Å². The van der Waals surface area contributed by atoms with Gasteiger partial charge in [0.2, 0.25) is 5.76 Å². The molecule has 1 atom stereocenters. The Bertz CT molecular complexity index is 539. The van der Waals surface area contributed by atoms with Gasteiger partial charge in [-0.2, -0.15) is 5.26 Å². The molecule has 120 valence electrons. The number of nitrogens with zero attached hydrogens (tertiary/aromatic N) is 3. The van der Waals surface area contributed by atoms with Crippen molar-refractivity contribution in [3.63, 3.8) is 0 Å². The summed E-state index contributed by atoms with van der Waals surface area (Å²) in [5.74, 6) is 0.879. The Morgan fingerprint density at radius 2 is 2.05 bits per heavy atom. The maximum atomic E-state index is 11.4. The summed E-state index contributed by atoms with van der Waals surface area (Å²) < 4.78 is 10.1. The van der Waals surface area contributed by atoms with Crippen LogP contribution >= 0.6 is 0 Å². The van der Waals surface area contributed by atoms with E-state index in [-0.39, 0.29) is 11.8 Å². The molecule has 2 heterocycles. The van der Waals surface area contributed by atoms with E-state index in [9.17, 15) is 10.1 Å². The first-order valence-electron chi connectivity index (χ1n) is 7.58. The van der Waals surface area contributed by atoms with Gasteiger partial charge in [-0.1, -0.05) is 13.8 Å². The SMILES string of the molecule is COC(=O)c1ccc(CN2CCN(C(C#N)C(C)C)CC2)o1. The van der Waals surface area contributed by atoms with E-state index in [0.29, 0.717) is 12.5 Å². The first kappa shape index (κ1) is 16.5. The van der Waals surface area contributed by atoms with E-state index < -0.39 is 5.97 Å². The number of methoxy groups -OCH3 is 1. The van der Waals surface area contributed by atoms with E-state index in [1.54, 1.807) is 6.07 Å². The van der Waals surface area contributed by atoms with E-state index in [4.69, 9.17) is 4.42 Å². The Kier molecular flexibility index (Phi) is 5.58. The van der Waals surface area contributed by atoms with Gasteiger partial charge in [0.1, 0.15) is 11.8 Å². The van der Waals surface area contributed by atoms with Gasteiger partial charge in [-0.25, -0.2) is 4.79 Å². The van der Waals surface area contributed by atoms with Gasteiger partial charge in [-0.15, -0.1) is 0 Å². The number of hydrogen-bond donors (Lipinski definition) is 0. The molecule has 0 saturated carbocycles. The minimum atomic E-state index is -0.454. The van der Waals surface area contributed by atoms with Crippen LogP contribution in [0.4, 0.5) is 0 Å². The first-order valence-corrected chi connectivity index (χ1v) is 7.58. The summed E-state index contributed by atoms with van der Waals surface area (Å²) in [6.45, 7) is 8.36. The predicted octanol–water partition coefficient (Wildman–Crippen LogP) is 1.73. The Balaban J connectivity index is 1.86. The quantitative estimate of drug-likeness (QED) is 0.772. The second-order valence-corrected chi connectivity index (χ2v) is 5.89. The fourth-order valence-corrected chi connectivity index (χ4v) is 2.75. The van der Waals surface area contributed by atoms with Gasteiger partial charge in [-0.3, -0.25) is 9.80 Å². The van der Waals surface area contributed by atoms with Crippen molar-refractivity contribution < 1.29 is 13.9 Å². The molecule has 1 aliphatic heterocycles. The number of furan rings is 1. The van der Waals surface area contributed by atoms with Crippen LogP contribution in [-0.2, 0) is 11.3 Å². The number of hydrogen-bond acceptors (Lipinski definition) is 6. The number of nitriles is 1. The average molecular weight is 305 g/mol. The van der Waals surface area contributed by atoms with E-state index >= 15 is 0 Å². The molecule has 1 aromatic rings. The molecule has 0 amide bonds. The fraction of sp³-hybridized carbons (Fsp3) is 0.625. The van der Waals surface area contributed by atoms with Gasteiger partial charge >= 0.3 is 5.97 Å². The van der Waals surface area contributed by atoms with Gasteiger partial charge in [0, 0.05) is 26.2 Å². The summed E-state index contributed by atoms with van der Waals surface area (Å²) in [6.07, 6.45) is 0. The summed E-state index contributed by atoms with van der Waals surface area (Å²) in [5, 5.41) is 9.26. The second-order valence-electron chi connectivity index (χ2n) is 5.89. The van der Waals surface area contributed by atoms with Crippen LogP contribution in [-0.4, -0.2) is 55.1 Å². The highest BCUT2D eigenvalue weighted by molar-refractivity contribution is 5.86. The number of piperazine rings is 1. The van der Waals surface area contributed by atoms with Crippen molar-refractivity contribution in [2.75, 3.05) is 33.3 Å². The lowest BCUT2D eigenvalue weighted by molar-refractivity contribution is 0.0557. The fourth-order valence-electron chi connectivity index (χ4n) is 2.75. The van der Waals surface area contributed by atoms with Crippen molar-refractivity contribution in [1.82, 2.24) is 9.80 Å². The number of esters is 1. The van der Waals surface area contributed by atoms with Crippen LogP contribution in [0, 0.1) is 17.2 Å². The van der Waals surface area contributed by atoms with Gasteiger partial charge in [0.05, 0.1) is 19.7 Å². The molecule has 1 aliphatic rings. The molecule has 0 radical (unpaired) electrons. The molecular formula is C16H23N3O3. The molecule has 0 N–H and O–H groups in total. The summed E-state index contributed by atoms with van der Waals surface area (Å²) >= 11 is 0. The Hall–Kier alpha value is -1.84. The highest BCUT2D eigenvalue weighted by atomic mass is 16.5. The molecule has 0 spiro atoms. The van der Waals surface area contributed by atoms with Gasteiger partial charge in [0.25, 0.3) is 0 Å².